The summed E-state index contributed by atoms with van der Waals surface area (Å²) >= 11 is 0. The van der Waals surface area contributed by atoms with Crippen molar-refractivity contribution in [2.24, 2.45) is 0 Å². The number of aliphatic hydroxyl groups excluding tert-OH is 2. The molecule has 0 spiro atoms. The van der Waals surface area contributed by atoms with Crippen LogP contribution in [0.1, 0.15) is 11.7 Å². The number of aliphatic hydroxyl groups is 2. The second-order valence-corrected chi connectivity index (χ2v) is 2.67. The van der Waals surface area contributed by atoms with Crippen molar-refractivity contribution >= 4 is 5.69 Å². The van der Waals surface area contributed by atoms with Crippen molar-refractivity contribution in [3.8, 4) is 0 Å². The van der Waals surface area contributed by atoms with Gasteiger partial charge in [0, 0.05) is 6.07 Å². The molecule has 14 heavy (non-hydrogen) atoms. The molecule has 0 amide bonds. The molecule has 1 atom stereocenters. The number of rotatable bonds is 3. The SMILES string of the molecule is O=[N+]([O-])c1ccc([C@H](O)CO)cc1F. The van der Waals surface area contributed by atoms with Gasteiger partial charge >= 0.3 is 5.69 Å². The average molecular weight is 201 g/mol. The van der Waals surface area contributed by atoms with E-state index in [0.29, 0.717) is 0 Å². The molecule has 0 bridgehead atoms. The van der Waals surface area contributed by atoms with Gasteiger partial charge in [-0.2, -0.15) is 4.39 Å². The zero-order valence-electron chi connectivity index (χ0n) is 7.05. The van der Waals surface area contributed by atoms with Crippen LogP contribution in [-0.2, 0) is 0 Å². The summed E-state index contributed by atoms with van der Waals surface area (Å²) in [6, 6.07) is 2.98. The number of hydrogen-bond donors (Lipinski definition) is 2. The first-order valence-corrected chi connectivity index (χ1v) is 3.79. The normalized spacial score (nSPS) is 12.5. The molecule has 0 unspecified atom stereocenters. The Morgan fingerprint density at radius 2 is 2.21 bits per heavy atom. The lowest BCUT2D eigenvalue weighted by molar-refractivity contribution is -0.387. The smallest absolute Gasteiger partial charge is 0.304 e. The first kappa shape index (κ1) is 10.6. The molecule has 0 saturated heterocycles. The van der Waals surface area contributed by atoms with Gasteiger partial charge in [0.25, 0.3) is 0 Å². The zero-order chi connectivity index (χ0) is 10.7. The second-order valence-electron chi connectivity index (χ2n) is 2.67. The Bertz CT molecular complexity index is 355. The van der Waals surface area contributed by atoms with E-state index in [0.717, 1.165) is 12.1 Å². The molecule has 0 aliphatic carbocycles. The van der Waals surface area contributed by atoms with Gasteiger partial charge < -0.3 is 10.2 Å². The third-order valence-electron chi connectivity index (χ3n) is 1.73. The van der Waals surface area contributed by atoms with Gasteiger partial charge in [0.05, 0.1) is 11.5 Å². The van der Waals surface area contributed by atoms with E-state index in [4.69, 9.17) is 10.2 Å². The lowest BCUT2D eigenvalue weighted by Crippen LogP contribution is -2.03. The van der Waals surface area contributed by atoms with Crippen LogP contribution in [0, 0.1) is 15.9 Å². The summed E-state index contributed by atoms with van der Waals surface area (Å²) in [6.07, 6.45) is -1.22. The quantitative estimate of drug-likeness (QED) is 0.558. The molecule has 1 aromatic carbocycles. The topological polar surface area (TPSA) is 83.6 Å². The van der Waals surface area contributed by atoms with E-state index < -0.39 is 29.1 Å². The van der Waals surface area contributed by atoms with E-state index in [1.807, 2.05) is 0 Å². The first-order chi connectivity index (χ1) is 6.56. The number of nitro groups is 1. The summed E-state index contributed by atoms with van der Waals surface area (Å²) in [5.74, 6) is -1.03. The fourth-order valence-corrected chi connectivity index (χ4v) is 0.984. The highest BCUT2D eigenvalue weighted by Gasteiger charge is 2.16. The van der Waals surface area contributed by atoms with E-state index >= 15 is 0 Å². The van der Waals surface area contributed by atoms with Crippen molar-refractivity contribution < 1.29 is 19.5 Å². The molecule has 5 nitrogen and oxygen atoms in total. The Kier molecular flexibility index (Phi) is 3.10. The fourth-order valence-electron chi connectivity index (χ4n) is 0.984. The highest BCUT2D eigenvalue weighted by Crippen LogP contribution is 2.21. The number of halogens is 1. The van der Waals surface area contributed by atoms with Gasteiger partial charge in [-0.05, 0) is 17.7 Å². The minimum atomic E-state index is -1.22. The predicted octanol–water partition coefficient (Wildman–Crippen LogP) is 0.760. The highest BCUT2D eigenvalue weighted by atomic mass is 19.1. The van der Waals surface area contributed by atoms with Crippen molar-refractivity contribution in [2.45, 2.75) is 6.10 Å². The third kappa shape index (κ3) is 2.04. The Hall–Kier alpha value is -1.53. The summed E-state index contributed by atoms with van der Waals surface area (Å²) in [7, 11) is 0. The fraction of sp³-hybridized carbons (Fsp3) is 0.250. The molecular weight excluding hydrogens is 193 g/mol. The standard InChI is InChI=1S/C8H8FNO4/c9-6-3-5(8(12)4-11)1-2-7(6)10(13)14/h1-3,8,11-12H,4H2/t8-/m1/s1. The van der Waals surface area contributed by atoms with Crippen molar-refractivity contribution in [1.82, 2.24) is 0 Å². The molecule has 0 aromatic heterocycles. The first-order valence-electron chi connectivity index (χ1n) is 3.79. The lowest BCUT2D eigenvalue weighted by atomic mass is 10.1. The van der Waals surface area contributed by atoms with Gasteiger partial charge in [0.15, 0.2) is 0 Å². The molecule has 76 valence electrons. The van der Waals surface area contributed by atoms with Crippen LogP contribution in [0.4, 0.5) is 10.1 Å². The van der Waals surface area contributed by atoms with Gasteiger partial charge in [0.2, 0.25) is 5.82 Å². The third-order valence-corrected chi connectivity index (χ3v) is 1.73. The molecule has 0 heterocycles. The molecule has 1 rings (SSSR count). The largest absolute Gasteiger partial charge is 0.393 e. The predicted molar refractivity (Wildman–Crippen MR) is 45.1 cm³/mol. The molecule has 0 saturated carbocycles. The monoisotopic (exact) mass is 201 g/mol. The van der Waals surface area contributed by atoms with Gasteiger partial charge in [-0.1, -0.05) is 0 Å². The summed E-state index contributed by atoms with van der Waals surface area (Å²) in [5, 5.41) is 27.9. The molecule has 1 aromatic rings. The lowest BCUT2D eigenvalue weighted by Gasteiger charge is -2.06. The van der Waals surface area contributed by atoms with Crippen LogP contribution in [0.2, 0.25) is 0 Å². The average Bonchev–Trinajstić information content (AvgIpc) is 2.15. The molecule has 0 aliphatic heterocycles. The molecule has 6 heteroatoms. The Labute approximate surface area is 78.6 Å². The Morgan fingerprint density at radius 1 is 1.57 bits per heavy atom. The van der Waals surface area contributed by atoms with Crippen molar-refractivity contribution in [3.05, 3.63) is 39.7 Å². The maximum Gasteiger partial charge on any atom is 0.304 e. The summed E-state index contributed by atoms with van der Waals surface area (Å²) < 4.78 is 13.0. The molecule has 0 aliphatic rings. The minimum Gasteiger partial charge on any atom is -0.393 e. The van der Waals surface area contributed by atoms with Crippen LogP contribution in [0.3, 0.4) is 0 Å². The van der Waals surface area contributed by atoms with Gasteiger partial charge in [0.1, 0.15) is 6.10 Å². The van der Waals surface area contributed by atoms with Crippen molar-refractivity contribution in [3.63, 3.8) is 0 Å². The number of hydrogen-bond acceptors (Lipinski definition) is 4. The summed E-state index contributed by atoms with van der Waals surface area (Å²) in [6.45, 7) is -0.558. The molecule has 0 radical (unpaired) electrons. The number of benzene rings is 1. The maximum absolute atomic E-state index is 13.0. The van der Waals surface area contributed by atoms with E-state index in [2.05, 4.69) is 0 Å². The zero-order valence-corrected chi connectivity index (χ0v) is 7.05. The van der Waals surface area contributed by atoms with Gasteiger partial charge in [-0.15, -0.1) is 0 Å². The highest BCUT2D eigenvalue weighted by molar-refractivity contribution is 5.35. The van der Waals surface area contributed by atoms with E-state index in [9.17, 15) is 14.5 Å². The van der Waals surface area contributed by atoms with Crippen LogP contribution in [0.15, 0.2) is 18.2 Å². The number of nitrogens with zero attached hydrogens (tertiary/aromatic N) is 1. The summed E-state index contributed by atoms with van der Waals surface area (Å²) in [4.78, 5) is 9.37. The minimum absolute atomic E-state index is 0.107. The van der Waals surface area contributed by atoms with Crippen molar-refractivity contribution in [2.75, 3.05) is 6.61 Å². The molecule has 2 N–H and O–H groups in total. The molecule has 0 fully saturated rings. The molecular formula is C8H8FNO4. The number of nitro benzene ring substituents is 1. The van der Waals surface area contributed by atoms with Crippen LogP contribution >= 0.6 is 0 Å². The van der Waals surface area contributed by atoms with Crippen LogP contribution in [-0.4, -0.2) is 21.7 Å². The van der Waals surface area contributed by atoms with Gasteiger partial charge in [-0.3, -0.25) is 10.1 Å². The van der Waals surface area contributed by atoms with Crippen LogP contribution in [0.5, 0.6) is 0 Å². The maximum atomic E-state index is 13.0. The van der Waals surface area contributed by atoms with Gasteiger partial charge in [-0.25, -0.2) is 0 Å². The van der Waals surface area contributed by atoms with Crippen molar-refractivity contribution in [1.29, 1.82) is 0 Å². The van der Waals surface area contributed by atoms with E-state index in [-0.39, 0.29) is 5.56 Å². The van der Waals surface area contributed by atoms with Crippen LogP contribution in [0.25, 0.3) is 0 Å². The Morgan fingerprint density at radius 3 is 2.64 bits per heavy atom. The Balaban J connectivity index is 3.06. The van der Waals surface area contributed by atoms with E-state index in [1.54, 1.807) is 0 Å². The second kappa shape index (κ2) is 4.12. The van der Waals surface area contributed by atoms with Crippen LogP contribution < -0.4 is 0 Å². The van der Waals surface area contributed by atoms with E-state index in [1.165, 1.54) is 6.07 Å². The summed E-state index contributed by atoms with van der Waals surface area (Å²) in [5.41, 5.74) is -0.547.